The second kappa shape index (κ2) is 13.4. The van der Waals surface area contributed by atoms with Gasteiger partial charge in [-0.05, 0) is 50.5 Å². The van der Waals surface area contributed by atoms with Gasteiger partial charge >= 0.3 is 0 Å². The third-order valence-electron chi connectivity index (χ3n) is 6.74. The van der Waals surface area contributed by atoms with Crippen LogP contribution in [0, 0.1) is 0 Å². The molecule has 1 unspecified atom stereocenters. The van der Waals surface area contributed by atoms with Crippen molar-refractivity contribution in [3.63, 3.8) is 0 Å². The lowest BCUT2D eigenvalue weighted by molar-refractivity contribution is 0.122. The molecule has 3 heterocycles. The third kappa shape index (κ3) is 7.49. The Hall–Kier alpha value is -4.04. The molecule has 46 heavy (non-hydrogen) atoms. The Kier molecular flexibility index (Phi) is 9.68. The Morgan fingerprint density at radius 1 is 0.978 bits per heavy atom. The molecule has 0 saturated carbocycles. The highest BCUT2D eigenvalue weighted by atomic mass is 32.2. The molecule has 15 nitrogen and oxygen atoms in total. The largest absolute Gasteiger partial charge is 0.494 e. The van der Waals surface area contributed by atoms with Crippen molar-refractivity contribution in [3.8, 4) is 23.1 Å². The lowest BCUT2D eigenvalue weighted by Crippen LogP contribution is -2.39. The summed E-state index contributed by atoms with van der Waals surface area (Å²) < 4.78 is 97.4. The standard InChI is InChI=1S/C27H32F2N8O7S2/c1-35(2)16-21(44-45(4,38)39)46(40,41)34-18-10-8-17(9-11-18)24-31-26(36-12-14-43-15-13-36)33-27(32-24)37-19-6-5-7-20(42-3)22(19)30-25(37)23(28)29/h5-11,21,23,34H,12-16H2,1-4H3. The highest BCUT2D eigenvalue weighted by Gasteiger charge is 2.31. The van der Waals surface area contributed by atoms with E-state index in [1.165, 1.54) is 36.3 Å². The molecular formula is C27H32F2N8O7S2. The van der Waals surface area contributed by atoms with Crippen molar-refractivity contribution in [1.29, 1.82) is 0 Å². The number of ether oxygens (including phenoxy) is 2. The van der Waals surface area contributed by atoms with Crippen LogP contribution in [0.1, 0.15) is 12.2 Å². The number of nitrogens with one attached hydrogen (secondary N) is 1. The minimum Gasteiger partial charge on any atom is -0.494 e. The fraction of sp³-hybridized carbons (Fsp3) is 0.407. The number of likely N-dealkylation sites (N-methyl/N-ethyl adjacent to an activating group) is 1. The number of halogens is 2. The van der Waals surface area contributed by atoms with Gasteiger partial charge in [0.15, 0.2) is 11.6 Å². The van der Waals surface area contributed by atoms with Crippen molar-refractivity contribution in [3.05, 3.63) is 48.3 Å². The topological polar surface area (TPSA) is 171 Å². The summed E-state index contributed by atoms with van der Waals surface area (Å²) in [5.41, 5.74) is -0.682. The van der Waals surface area contributed by atoms with E-state index in [1.807, 2.05) is 4.90 Å². The van der Waals surface area contributed by atoms with E-state index in [0.29, 0.717) is 43.1 Å². The summed E-state index contributed by atoms with van der Waals surface area (Å²) in [5, 5.41) is 0. The Bertz CT molecular complexity index is 1920. The molecule has 1 aliphatic heterocycles. The monoisotopic (exact) mass is 682 g/mol. The van der Waals surface area contributed by atoms with Gasteiger partial charge in [0.25, 0.3) is 26.6 Å². The highest BCUT2D eigenvalue weighted by molar-refractivity contribution is 7.94. The van der Waals surface area contributed by atoms with Gasteiger partial charge in [0.1, 0.15) is 11.3 Å². The maximum absolute atomic E-state index is 14.3. The van der Waals surface area contributed by atoms with E-state index in [2.05, 4.69) is 24.7 Å². The van der Waals surface area contributed by atoms with Crippen molar-refractivity contribution in [2.24, 2.45) is 0 Å². The predicted molar refractivity (Wildman–Crippen MR) is 165 cm³/mol. The molecule has 0 radical (unpaired) electrons. The first-order valence-electron chi connectivity index (χ1n) is 13.8. The van der Waals surface area contributed by atoms with Gasteiger partial charge < -0.3 is 19.3 Å². The quantitative estimate of drug-likeness (QED) is 0.216. The SMILES string of the molecule is COc1cccc2c1nc(C(F)F)n2-c1nc(-c2ccc(NS(=O)(=O)C(CN(C)C)OS(C)(=O)=O)cc2)nc(N2CCOCC2)n1. The van der Waals surface area contributed by atoms with E-state index in [9.17, 15) is 25.6 Å². The van der Waals surface area contributed by atoms with Crippen LogP contribution < -0.4 is 14.4 Å². The Morgan fingerprint density at radius 3 is 2.26 bits per heavy atom. The molecule has 19 heteroatoms. The van der Waals surface area contributed by atoms with Gasteiger partial charge in [-0.1, -0.05) is 6.07 Å². The van der Waals surface area contributed by atoms with Crippen molar-refractivity contribution in [2.45, 2.75) is 11.9 Å². The molecule has 0 aliphatic carbocycles. The normalized spacial score (nSPS) is 15.1. The van der Waals surface area contributed by atoms with Gasteiger partial charge in [0.2, 0.25) is 17.3 Å². The maximum Gasteiger partial charge on any atom is 0.296 e. The van der Waals surface area contributed by atoms with E-state index >= 15 is 0 Å². The van der Waals surface area contributed by atoms with Gasteiger partial charge in [-0.15, -0.1) is 0 Å². The van der Waals surface area contributed by atoms with Crippen molar-refractivity contribution in [2.75, 3.05) is 69.9 Å². The Labute approximate surface area is 264 Å². The van der Waals surface area contributed by atoms with Crippen LogP contribution in [-0.4, -0.2) is 112 Å². The summed E-state index contributed by atoms with van der Waals surface area (Å²) in [7, 11) is -3.85. The van der Waals surface area contributed by atoms with Gasteiger partial charge in [-0.2, -0.15) is 23.4 Å². The van der Waals surface area contributed by atoms with Crippen LogP contribution in [0.5, 0.6) is 5.75 Å². The second-order valence-electron chi connectivity index (χ2n) is 10.5. The van der Waals surface area contributed by atoms with E-state index in [0.717, 1.165) is 10.8 Å². The molecule has 1 fully saturated rings. The van der Waals surface area contributed by atoms with Crippen LogP contribution in [-0.2, 0) is 29.1 Å². The molecule has 1 atom stereocenters. The fourth-order valence-electron chi connectivity index (χ4n) is 4.69. The van der Waals surface area contributed by atoms with Crippen molar-refractivity contribution in [1.82, 2.24) is 29.4 Å². The first-order valence-corrected chi connectivity index (χ1v) is 17.2. The number of aromatic nitrogens is 5. The van der Waals surface area contributed by atoms with Gasteiger partial charge in [-0.25, -0.2) is 26.4 Å². The molecule has 1 saturated heterocycles. The van der Waals surface area contributed by atoms with Crippen LogP contribution in [0.25, 0.3) is 28.4 Å². The number of hydrogen-bond acceptors (Lipinski definition) is 13. The summed E-state index contributed by atoms with van der Waals surface area (Å²) in [6.07, 6.45) is -2.21. The van der Waals surface area contributed by atoms with Crippen molar-refractivity contribution < 1.29 is 39.3 Å². The molecule has 5 rings (SSSR count). The van der Waals surface area contributed by atoms with Crippen LogP contribution >= 0.6 is 0 Å². The third-order valence-corrected chi connectivity index (χ3v) is 8.90. The molecule has 248 valence electrons. The van der Waals surface area contributed by atoms with E-state index in [-0.39, 0.29) is 35.5 Å². The summed E-state index contributed by atoms with van der Waals surface area (Å²) in [6, 6.07) is 10.8. The molecule has 0 amide bonds. The molecule has 4 aromatic rings. The highest BCUT2D eigenvalue weighted by Crippen LogP contribution is 2.33. The molecule has 0 bridgehead atoms. The smallest absolute Gasteiger partial charge is 0.296 e. The first kappa shape index (κ1) is 33.3. The average Bonchev–Trinajstić information content (AvgIpc) is 3.41. The summed E-state index contributed by atoms with van der Waals surface area (Å²) in [5.74, 6) is -0.0439. The predicted octanol–water partition coefficient (Wildman–Crippen LogP) is 2.27. The van der Waals surface area contributed by atoms with E-state index in [4.69, 9.17) is 13.7 Å². The zero-order chi connectivity index (χ0) is 33.2. The molecule has 2 aromatic heterocycles. The molecule has 2 aromatic carbocycles. The number of sulfonamides is 1. The lowest BCUT2D eigenvalue weighted by atomic mass is 10.2. The van der Waals surface area contributed by atoms with Crippen molar-refractivity contribution >= 4 is 42.8 Å². The average molecular weight is 683 g/mol. The molecule has 0 spiro atoms. The maximum atomic E-state index is 14.3. The second-order valence-corrected chi connectivity index (χ2v) is 13.9. The van der Waals surface area contributed by atoms with Gasteiger partial charge in [0.05, 0.1) is 32.1 Å². The number of fused-ring (bicyclic) bond motifs is 1. The number of alkyl halides is 2. The summed E-state index contributed by atoms with van der Waals surface area (Å²) >= 11 is 0. The summed E-state index contributed by atoms with van der Waals surface area (Å²) in [6.45, 7) is 1.50. The number of morpholine rings is 1. The zero-order valence-corrected chi connectivity index (χ0v) is 26.9. The number of rotatable bonds is 12. The number of para-hydroxylation sites is 1. The van der Waals surface area contributed by atoms with E-state index < -0.39 is 37.8 Å². The minimum atomic E-state index is -4.32. The minimum absolute atomic E-state index is 0.105. The number of benzene rings is 2. The number of methoxy groups -OCH3 is 1. The van der Waals surface area contributed by atoms with Crippen LogP contribution in [0.15, 0.2) is 42.5 Å². The number of imidazole rings is 1. The lowest BCUT2D eigenvalue weighted by Gasteiger charge is -2.27. The van der Waals surface area contributed by atoms with Gasteiger partial charge in [-0.3, -0.25) is 9.29 Å². The first-order chi connectivity index (χ1) is 21.8. The number of hydrogen-bond donors (Lipinski definition) is 1. The number of nitrogens with zero attached hydrogens (tertiary/aromatic N) is 7. The molecule has 1 N–H and O–H groups in total. The Balaban J connectivity index is 1.56. The molecule has 1 aliphatic rings. The van der Waals surface area contributed by atoms with Crippen LogP contribution in [0.3, 0.4) is 0 Å². The fourth-order valence-corrected chi connectivity index (χ4v) is 7.07. The zero-order valence-electron chi connectivity index (χ0n) is 25.3. The van der Waals surface area contributed by atoms with Gasteiger partial charge in [0, 0.05) is 30.9 Å². The summed E-state index contributed by atoms with van der Waals surface area (Å²) in [4.78, 5) is 21.1. The van der Waals surface area contributed by atoms with Crippen LogP contribution in [0.2, 0.25) is 0 Å². The van der Waals surface area contributed by atoms with E-state index in [1.54, 1.807) is 32.3 Å². The molecular weight excluding hydrogens is 650 g/mol. The van der Waals surface area contributed by atoms with Crippen LogP contribution in [0.4, 0.5) is 20.4 Å². The number of anilines is 2. The Morgan fingerprint density at radius 2 is 1.65 bits per heavy atom.